The molecule has 3 heterocycles. The molecular formula is C20H14F3N5O3. The third-order valence-corrected chi connectivity index (χ3v) is 4.15. The topological polar surface area (TPSA) is 112 Å². The number of aliphatic hydroxyl groups is 1. The summed E-state index contributed by atoms with van der Waals surface area (Å²) in [6.07, 6.45) is -1.91. The van der Waals surface area contributed by atoms with Gasteiger partial charge in [0.2, 0.25) is 5.82 Å². The molecule has 4 aromatic rings. The number of ether oxygens (including phenoxy) is 1. The highest BCUT2D eigenvalue weighted by Gasteiger charge is 2.31. The minimum atomic E-state index is -4.85. The fourth-order valence-electron chi connectivity index (χ4n) is 2.74. The lowest BCUT2D eigenvalue weighted by atomic mass is 9.96. The van der Waals surface area contributed by atoms with E-state index in [1.807, 2.05) is 0 Å². The molecule has 11 heteroatoms. The highest BCUT2D eigenvalue weighted by Crippen LogP contribution is 2.28. The van der Waals surface area contributed by atoms with Gasteiger partial charge in [0.25, 0.3) is 0 Å². The summed E-state index contributed by atoms with van der Waals surface area (Å²) < 4.78 is 47.8. The molecule has 1 unspecified atom stereocenters. The third kappa shape index (κ3) is 4.44. The molecule has 3 aromatic heterocycles. The number of rotatable bonds is 3. The Labute approximate surface area is 173 Å². The lowest BCUT2D eigenvalue weighted by molar-refractivity contribution is -0.274. The van der Waals surface area contributed by atoms with Gasteiger partial charge in [0.15, 0.2) is 17.2 Å². The summed E-state index contributed by atoms with van der Waals surface area (Å²) in [6.45, 7) is 1.33. The Balaban J connectivity index is 1.65. The van der Waals surface area contributed by atoms with Gasteiger partial charge in [0.05, 0.1) is 12.5 Å². The van der Waals surface area contributed by atoms with Gasteiger partial charge in [-0.05, 0) is 42.7 Å². The normalized spacial score (nSPS) is 13.5. The van der Waals surface area contributed by atoms with Crippen molar-refractivity contribution in [1.29, 1.82) is 0 Å². The summed E-state index contributed by atoms with van der Waals surface area (Å²) in [4.78, 5) is 8.38. The monoisotopic (exact) mass is 429 g/mol. The number of hydrogen-bond acceptors (Lipinski definition) is 7. The standard InChI is InChI=1S/C20H14F3N5O3/c1-19(29,12-4-2-5-14(10-12)31-20(21,22)23)8-7-13-11-28-18(16(24)25-13)26-17(27-28)15-6-3-9-30-15/h2-6,9-11,29H,1H3,(H2,24,25). The van der Waals surface area contributed by atoms with Crippen molar-refractivity contribution >= 4 is 11.5 Å². The summed E-state index contributed by atoms with van der Waals surface area (Å²) in [5, 5.41) is 14.9. The number of fused-ring (bicyclic) bond motifs is 1. The van der Waals surface area contributed by atoms with Crippen LogP contribution >= 0.6 is 0 Å². The Hall–Kier alpha value is -4.04. The Bertz CT molecular complexity index is 1300. The maximum Gasteiger partial charge on any atom is 0.573 e. The molecule has 0 fully saturated rings. The van der Waals surface area contributed by atoms with E-state index in [1.54, 1.807) is 12.1 Å². The van der Waals surface area contributed by atoms with Crippen molar-refractivity contribution in [2.24, 2.45) is 0 Å². The van der Waals surface area contributed by atoms with E-state index in [1.165, 1.54) is 36.0 Å². The molecule has 0 aliphatic rings. The van der Waals surface area contributed by atoms with Crippen molar-refractivity contribution in [3.05, 3.63) is 60.1 Å². The van der Waals surface area contributed by atoms with E-state index in [0.717, 1.165) is 12.1 Å². The first-order valence-electron chi connectivity index (χ1n) is 8.79. The van der Waals surface area contributed by atoms with Gasteiger partial charge in [-0.3, -0.25) is 0 Å². The van der Waals surface area contributed by atoms with Crippen LogP contribution in [0, 0.1) is 11.8 Å². The van der Waals surface area contributed by atoms with Crippen LogP contribution in [0.25, 0.3) is 17.2 Å². The van der Waals surface area contributed by atoms with E-state index in [9.17, 15) is 18.3 Å². The number of nitrogens with zero attached hydrogens (tertiary/aromatic N) is 4. The maximum atomic E-state index is 12.4. The molecule has 0 amide bonds. The molecule has 0 radical (unpaired) electrons. The van der Waals surface area contributed by atoms with Gasteiger partial charge in [0.1, 0.15) is 17.0 Å². The van der Waals surface area contributed by atoms with Crippen molar-refractivity contribution in [1.82, 2.24) is 19.6 Å². The predicted octanol–water partition coefficient (Wildman–Crippen LogP) is 3.12. The van der Waals surface area contributed by atoms with E-state index in [2.05, 4.69) is 31.6 Å². The third-order valence-electron chi connectivity index (χ3n) is 4.15. The molecule has 0 saturated carbocycles. The summed E-state index contributed by atoms with van der Waals surface area (Å²) in [5.41, 5.74) is 4.71. The van der Waals surface area contributed by atoms with Gasteiger partial charge in [-0.2, -0.15) is 0 Å². The molecule has 31 heavy (non-hydrogen) atoms. The lowest BCUT2D eigenvalue weighted by Crippen LogP contribution is -2.20. The molecule has 0 aliphatic heterocycles. The van der Waals surface area contributed by atoms with Crippen molar-refractivity contribution in [2.75, 3.05) is 5.73 Å². The first-order valence-corrected chi connectivity index (χ1v) is 8.79. The van der Waals surface area contributed by atoms with Crippen LogP contribution in [0.3, 0.4) is 0 Å². The number of furan rings is 1. The first kappa shape index (κ1) is 20.2. The van der Waals surface area contributed by atoms with Crippen LogP contribution in [0.1, 0.15) is 18.2 Å². The highest BCUT2D eigenvalue weighted by molar-refractivity contribution is 5.64. The zero-order valence-corrected chi connectivity index (χ0v) is 15.9. The van der Waals surface area contributed by atoms with Gasteiger partial charge in [0, 0.05) is 0 Å². The van der Waals surface area contributed by atoms with Crippen molar-refractivity contribution in [3.8, 4) is 29.2 Å². The number of aromatic nitrogens is 4. The van der Waals surface area contributed by atoms with Crippen molar-refractivity contribution in [2.45, 2.75) is 18.9 Å². The molecule has 158 valence electrons. The Morgan fingerprint density at radius 2 is 2.00 bits per heavy atom. The van der Waals surface area contributed by atoms with E-state index < -0.39 is 17.7 Å². The zero-order chi connectivity index (χ0) is 22.2. The molecule has 8 nitrogen and oxygen atoms in total. The second-order valence-corrected chi connectivity index (χ2v) is 6.59. The van der Waals surface area contributed by atoms with E-state index >= 15 is 0 Å². The first-order chi connectivity index (χ1) is 14.6. The van der Waals surface area contributed by atoms with Crippen LogP contribution in [-0.2, 0) is 5.60 Å². The second kappa shape index (κ2) is 7.33. The number of hydrogen-bond donors (Lipinski definition) is 2. The summed E-state index contributed by atoms with van der Waals surface area (Å²) >= 11 is 0. The van der Waals surface area contributed by atoms with Crippen LogP contribution < -0.4 is 10.5 Å². The van der Waals surface area contributed by atoms with Crippen molar-refractivity contribution < 1.29 is 27.4 Å². The molecule has 1 aromatic carbocycles. The Morgan fingerprint density at radius 3 is 2.71 bits per heavy atom. The van der Waals surface area contributed by atoms with E-state index in [0.29, 0.717) is 17.2 Å². The number of nitrogens with two attached hydrogens (primary N) is 1. The smallest absolute Gasteiger partial charge is 0.461 e. The second-order valence-electron chi connectivity index (χ2n) is 6.59. The Morgan fingerprint density at radius 1 is 1.19 bits per heavy atom. The molecule has 0 spiro atoms. The SMILES string of the molecule is CC(O)(C#Cc1cn2nc(-c3ccco3)nc2c(N)n1)c1cccc(OC(F)(F)F)c1. The van der Waals surface area contributed by atoms with E-state index in [-0.39, 0.29) is 17.1 Å². The minimum absolute atomic E-state index is 0.0531. The molecule has 0 bridgehead atoms. The fraction of sp³-hybridized carbons (Fsp3) is 0.150. The van der Waals surface area contributed by atoms with Gasteiger partial charge >= 0.3 is 6.36 Å². The highest BCUT2D eigenvalue weighted by atomic mass is 19.4. The zero-order valence-electron chi connectivity index (χ0n) is 15.9. The van der Waals surface area contributed by atoms with Gasteiger partial charge in [-0.25, -0.2) is 14.5 Å². The number of alkyl halides is 3. The van der Waals surface area contributed by atoms with Gasteiger partial charge < -0.3 is 20.0 Å². The fourth-order valence-corrected chi connectivity index (χ4v) is 2.74. The largest absolute Gasteiger partial charge is 0.573 e. The van der Waals surface area contributed by atoms with Crippen molar-refractivity contribution in [3.63, 3.8) is 0 Å². The molecule has 4 rings (SSSR count). The molecule has 0 saturated heterocycles. The van der Waals surface area contributed by atoms with Crippen LogP contribution in [0.4, 0.5) is 19.0 Å². The summed E-state index contributed by atoms with van der Waals surface area (Å²) in [5.74, 6) is 5.57. The lowest BCUT2D eigenvalue weighted by Gasteiger charge is -2.18. The van der Waals surface area contributed by atoms with Crippen LogP contribution in [0.2, 0.25) is 0 Å². The quantitative estimate of drug-likeness (QED) is 0.481. The van der Waals surface area contributed by atoms with Gasteiger partial charge in [-0.1, -0.05) is 18.1 Å². The van der Waals surface area contributed by atoms with Crippen LogP contribution in [-0.4, -0.2) is 31.1 Å². The number of nitrogen functional groups attached to an aromatic ring is 1. The maximum absolute atomic E-state index is 12.4. The molecular weight excluding hydrogens is 415 g/mol. The van der Waals surface area contributed by atoms with E-state index in [4.69, 9.17) is 10.2 Å². The minimum Gasteiger partial charge on any atom is -0.461 e. The predicted molar refractivity (Wildman–Crippen MR) is 102 cm³/mol. The average Bonchev–Trinajstić information content (AvgIpc) is 3.35. The number of benzene rings is 1. The van der Waals surface area contributed by atoms with Crippen LogP contribution in [0.15, 0.2) is 53.3 Å². The van der Waals surface area contributed by atoms with Gasteiger partial charge in [-0.15, -0.1) is 18.3 Å². The van der Waals surface area contributed by atoms with Crippen LogP contribution in [0.5, 0.6) is 5.75 Å². The Kier molecular flexibility index (Phi) is 4.79. The number of anilines is 1. The molecule has 3 N–H and O–H groups in total. The average molecular weight is 429 g/mol. The number of halogens is 3. The summed E-state index contributed by atoms with van der Waals surface area (Å²) in [7, 11) is 0. The summed E-state index contributed by atoms with van der Waals surface area (Å²) in [6, 6.07) is 8.30. The molecule has 1 atom stereocenters. The molecule has 0 aliphatic carbocycles.